The summed E-state index contributed by atoms with van der Waals surface area (Å²) < 4.78 is 49.8. The Balaban J connectivity index is 1.36. The number of halogens is 3. The predicted molar refractivity (Wildman–Crippen MR) is 122 cm³/mol. The number of rotatable bonds is 5. The lowest BCUT2D eigenvalue weighted by Gasteiger charge is -2.60. The Morgan fingerprint density at radius 1 is 1.21 bits per heavy atom. The number of Topliss-reactive ketones (excluding diaryl/α,β-unsaturated/α-hetero) is 1. The SMILES string of the molecule is C=C1CC2C3CCC(=O)[C@@]3(C)CCC2[C@@]2(C)CC[C@@H]([S+]([O-])CCCNC(=O)C(F)(F)F)C[C@H]12. The van der Waals surface area contributed by atoms with Crippen molar-refractivity contribution in [3.63, 3.8) is 0 Å². The van der Waals surface area contributed by atoms with Crippen LogP contribution in [0, 0.1) is 34.5 Å². The van der Waals surface area contributed by atoms with Gasteiger partial charge >= 0.3 is 12.1 Å². The second-order valence-electron chi connectivity index (χ2n) is 11.3. The van der Waals surface area contributed by atoms with E-state index in [0.29, 0.717) is 41.6 Å². The van der Waals surface area contributed by atoms with Gasteiger partial charge in [0.25, 0.3) is 0 Å². The van der Waals surface area contributed by atoms with E-state index in [9.17, 15) is 27.3 Å². The molecule has 1 amide bonds. The van der Waals surface area contributed by atoms with Crippen molar-refractivity contribution in [2.45, 2.75) is 83.1 Å². The van der Waals surface area contributed by atoms with Crippen LogP contribution in [0.1, 0.15) is 71.6 Å². The van der Waals surface area contributed by atoms with Crippen LogP contribution in [0.25, 0.3) is 0 Å². The van der Waals surface area contributed by atoms with Crippen molar-refractivity contribution in [1.29, 1.82) is 0 Å². The smallest absolute Gasteiger partial charge is 0.471 e. The molecular weight excluding hydrogens is 451 g/mol. The van der Waals surface area contributed by atoms with E-state index in [1.165, 1.54) is 5.57 Å². The molecule has 186 valence electrons. The van der Waals surface area contributed by atoms with Crippen LogP contribution in [0.3, 0.4) is 0 Å². The molecule has 4 fully saturated rings. The Kier molecular flexibility index (Phi) is 6.75. The molecule has 4 saturated carbocycles. The molecule has 4 aliphatic carbocycles. The van der Waals surface area contributed by atoms with E-state index in [2.05, 4.69) is 20.4 Å². The normalized spacial score (nSPS) is 41.7. The van der Waals surface area contributed by atoms with Crippen molar-refractivity contribution < 1.29 is 27.3 Å². The molecule has 0 aromatic rings. The minimum atomic E-state index is -4.88. The fourth-order valence-corrected chi connectivity index (χ4v) is 9.45. The summed E-state index contributed by atoms with van der Waals surface area (Å²) in [5.74, 6) is 0.654. The molecule has 0 aromatic carbocycles. The maximum absolute atomic E-state index is 12.9. The third-order valence-corrected chi connectivity index (χ3v) is 11.6. The van der Waals surface area contributed by atoms with Gasteiger partial charge in [0, 0.05) is 31.2 Å². The zero-order chi connectivity index (χ0) is 24.2. The number of nitrogens with one attached hydrogen (secondary N) is 1. The van der Waals surface area contributed by atoms with Crippen LogP contribution in [0.5, 0.6) is 0 Å². The Labute approximate surface area is 197 Å². The fraction of sp³-hybridized carbons (Fsp3) is 0.840. The minimum Gasteiger partial charge on any atom is -0.616 e. The minimum absolute atomic E-state index is 0.0246. The van der Waals surface area contributed by atoms with Crippen molar-refractivity contribution in [2.24, 2.45) is 34.5 Å². The third kappa shape index (κ3) is 4.39. The van der Waals surface area contributed by atoms with Gasteiger partial charge in [0.05, 0.1) is 0 Å². The Hall–Kier alpha value is -1.02. The molecule has 0 bridgehead atoms. The molecule has 4 rings (SSSR count). The fourth-order valence-electron chi connectivity index (χ4n) is 7.90. The van der Waals surface area contributed by atoms with E-state index >= 15 is 0 Å². The van der Waals surface area contributed by atoms with Gasteiger partial charge in [-0.25, -0.2) is 0 Å². The van der Waals surface area contributed by atoms with Crippen molar-refractivity contribution in [3.05, 3.63) is 12.2 Å². The Morgan fingerprint density at radius 3 is 2.64 bits per heavy atom. The Bertz CT molecular complexity index is 817. The van der Waals surface area contributed by atoms with Crippen LogP contribution < -0.4 is 5.32 Å². The van der Waals surface area contributed by atoms with Crippen molar-refractivity contribution in [3.8, 4) is 0 Å². The van der Waals surface area contributed by atoms with E-state index in [-0.39, 0.29) is 29.0 Å². The topological polar surface area (TPSA) is 69.2 Å². The molecule has 1 N–H and O–H groups in total. The van der Waals surface area contributed by atoms with Crippen molar-refractivity contribution in [2.75, 3.05) is 12.3 Å². The van der Waals surface area contributed by atoms with E-state index < -0.39 is 23.3 Å². The molecule has 4 unspecified atom stereocenters. The number of hydrogen-bond acceptors (Lipinski definition) is 3. The molecular formula is C25H36F3NO3S. The highest BCUT2D eigenvalue weighted by Gasteiger charge is 2.61. The van der Waals surface area contributed by atoms with Gasteiger partial charge in [0.15, 0.2) is 0 Å². The van der Waals surface area contributed by atoms with Crippen molar-refractivity contribution in [1.82, 2.24) is 5.32 Å². The monoisotopic (exact) mass is 487 g/mol. The van der Waals surface area contributed by atoms with Crippen molar-refractivity contribution >= 4 is 22.9 Å². The second kappa shape index (κ2) is 8.89. The first-order chi connectivity index (χ1) is 15.4. The molecule has 0 aromatic heterocycles. The molecule has 8 atom stereocenters. The van der Waals surface area contributed by atoms with Gasteiger partial charge in [-0.2, -0.15) is 13.2 Å². The van der Waals surface area contributed by atoms with Gasteiger partial charge in [-0.15, -0.1) is 0 Å². The molecule has 0 radical (unpaired) electrons. The highest BCUT2D eigenvalue weighted by atomic mass is 32.2. The maximum atomic E-state index is 12.9. The van der Waals surface area contributed by atoms with Gasteiger partial charge < -0.3 is 9.87 Å². The van der Waals surface area contributed by atoms with Crippen LogP contribution in [0.2, 0.25) is 0 Å². The molecule has 4 nitrogen and oxygen atoms in total. The highest BCUT2D eigenvalue weighted by molar-refractivity contribution is 7.92. The number of allylic oxidation sites excluding steroid dienone is 1. The second-order valence-corrected chi connectivity index (χ2v) is 13.1. The lowest BCUT2D eigenvalue weighted by molar-refractivity contribution is -0.173. The van der Waals surface area contributed by atoms with Crippen LogP contribution in [-0.2, 0) is 20.8 Å². The predicted octanol–water partition coefficient (Wildman–Crippen LogP) is 4.95. The molecule has 0 spiro atoms. The summed E-state index contributed by atoms with van der Waals surface area (Å²) in [4.78, 5) is 23.5. The van der Waals surface area contributed by atoms with Gasteiger partial charge in [0.2, 0.25) is 0 Å². The number of alkyl halides is 3. The summed E-state index contributed by atoms with van der Waals surface area (Å²) in [6.45, 7) is 8.90. The summed E-state index contributed by atoms with van der Waals surface area (Å²) in [6.07, 6.45) is 2.78. The van der Waals surface area contributed by atoms with Gasteiger partial charge in [-0.05, 0) is 67.6 Å². The van der Waals surface area contributed by atoms with E-state index in [4.69, 9.17) is 0 Å². The number of fused-ring (bicyclic) bond motifs is 5. The molecule has 0 aliphatic heterocycles. The number of ketones is 1. The number of hydrogen-bond donors (Lipinski definition) is 1. The summed E-state index contributed by atoms with van der Waals surface area (Å²) in [6, 6.07) is 0. The first-order valence-corrected chi connectivity index (χ1v) is 13.7. The van der Waals surface area contributed by atoms with E-state index in [1.54, 1.807) is 0 Å². The van der Waals surface area contributed by atoms with Crippen LogP contribution in [0.4, 0.5) is 13.2 Å². The first kappa shape index (κ1) is 25.1. The lowest BCUT2D eigenvalue weighted by Crippen LogP contribution is -2.55. The molecule has 4 aliphatic rings. The van der Waals surface area contributed by atoms with Crippen LogP contribution in [0.15, 0.2) is 12.2 Å². The Morgan fingerprint density at radius 2 is 1.94 bits per heavy atom. The van der Waals surface area contributed by atoms with Gasteiger partial charge in [-0.1, -0.05) is 37.2 Å². The zero-order valence-corrected chi connectivity index (χ0v) is 20.5. The average molecular weight is 488 g/mol. The van der Waals surface area contributed by atoms with Gasteiger partial charge in [0.1, 0.15) is 16.8 Å². The van der Waals surface area contributed by atoms with E-state index in [1.807, 2.05) is 5.32 Å². The molecule has 33 heavy (non-hydrogen) atoms. The summed E-state index contributed by atoms with van der Waals surface area (Å²) in [5.41, 5.74) is 1.20. The van der Waals surface area contributed by atoms with Gasteiger partial charge in [-0.3, -0.25) is 9.59 Å². The lowest BCUT2D eigenvalue weighted by atomic mass is 9.44. The maximum Gasteiger partial charge on any atom is 0.471 e. The number of carbonyl (C=O) groups excluding carboxylic acids is 2. The number of carbonyl (C=O) groups is 2. The third-order valence-electron chi connectivity index (χ3n) is 9.72. The van der Waals surface area contributed by atoms with Crippen LogP contribution >= 0.6 is 0 Å². The average Bonchev–Trinajstić information content (AvgIpc) is 3.05. The first-order valence-electron chi connectivity index (χ1n) is 12.3. The summed E-state index contributed by atoms with van der Waals surface area (Å²) >= 11 is -1.13. The molecule has 0 heterocycles. The number of amides is 1. The quantitative estimate of drug-likeness (QED) is 0.339. The van der Waals surface area contributed by atoms with Crippen LogP contribution in [-0.4, -0.2) is 40.0 Å². The zero-order valence-electron chi connectivity index (χ0n) is 19.6. The molecule has 0 saturated heterocycles. The summed E-state index contributed by atoms with van der Waals surface area (Å²) in [5, 5.41) is 1.88. The molecule has 8 heteroatoms. The highest BCUT2D eigenvalue weighted by Crippen LogP contribution is 2.66. The largest absolute Gasteiger partial charge is 0.616 e. The van der Waals surface area contributed by atoms with E-state index in [0.717, 1.165) is 44.9 Å². The standard InChI is InChI=1S/C25H36F3NO3S/c1-15-13-17-18-5-6-21(30)24(18,3)10-8-19(17)23(2)9-7-16(14-20(15)23)33(32)12-4-11-29-22(31)25(26,27)28/h16-20H,1,4-14H2,2-3H3,(H,29,31)/t16-,17?,18?,19?,20-,23-,24+,33?/m1/s1. The summed E-state index contributed by atoms with van der Waals surface area (Å²) in [7, 11) is 0.